The average Bonchev–Trinajstić information content (AvgIpc) is 2.90. The van der Waals surface area contributed by atoms with Crippen molar-refractivity contribution >= 4 is 22.8 Å². The molecule has 0 spiro atoms. The molecule has 1 N–H and O–H groups in total. The summed E-state index contributed by atoms with van der Waals surface area (Å²) in [6.07, 6.45) is 2.74. The van der Waals surface area contributed by atoms with Gasteiger partial charge in [0.2, 0.25) is 0 Å². The largest absolute Gasteiger partial charge is 0.480 e. The van der Waals surface area contributed by atoms with Gasteiger partial charge < -0.3 is 14.4 Å². The second-order valence-electron chi connectivity index (χ2n) is 5.63. The van der Waals surface area contributed by atoms with Crippen molar-refractivity contribution in [2.24, 2.45) is 5.92 Å². The van der Waals surface area contributed by atoms with E-state index in [2.05, 4.69) is 0 Å². The van der Waals surface area contributed by atoms with E-state index in [1.165, 1.54) is 11.2 Å². The molecular weight excluding hydrogens is 270 g/mol. The number of amides is 1. The number of hydrogen-bond acceptors (Lipinski definition) is 3. The third kappa shape index (κ3) is 2.39. The maximum Gasteiger partial charge on any atom is 0.326 e. The number of piperidine rings is 1. The Balaban J connectivity index is 1.95. The molecule has 110 valence electrons. The van der Waals surface area contributed by atoms with Crippen LogP contribution in [0.1, 0.15) is 30.1 Å². The SMILES string of the molecule is CC1CCN(C(=O)c2coc3ccccc23)C(C(=O)O)C1. The average molecular weight is 287 g/mol. The molecule has 1 aliphatic heterocycles. The van der Waals surface area contributed by atoms with Gasteiger partial charge in [0.25, 0.3) is 5.91 Å². The van der Waals surface area contributed by atoms with Crippen LogP contribution in [-0.2, 0) is 4.79 Å². The highest BCUT2D eigenvalue weighted by Gasteiger charge is 2.36. The van der Waals surface area contributed by atoms with Crippen LogP contribution in [0.2, 0.25) is 0 Å². The number of likely N-dealkylation sites (tertiary alicyclic amines) is 1. The van der Waals surface area contributed by atoms with Crippen LogP contribution in [-0.4, -0.2) is 34.5 Å². The summed E-state index contributed by atoms with van der Waals surface area (Å²) in [7, 11) is 0. The van der Waals surface area contributed by atoms with E-state index in [4.69, 9.17) is 4.42 Å². The first-order chi connectivity index (χ1) is 10.1. The van der Waals surface area contributed by atoms with Gasteiger partial charge in [-0.15, -0.1) is 0 Å². The molecule has 1 saturated heterocycles. The second kappa shape index (κ2) is 5.24. The fourth-order valence-corrected chi connectivity index (χ4v) is 2.92. The number of para-hydroxylation sites is 1. The van der Waals surface area contributed by atoms with Crippen LogP contribution in [0.3, 0.4) is 0 Å². The number of carboxylic acids is 1. The highest BCUT2D eigenvalue weighted by molar-refractivity contribution is 6.06. The van der Waals surface area contributed by atoms with Crippen LogP contribution in [0, 0.1) is 5.92 Å². The molecule has 21 heavy (non-hydrogen) atoms. The smallest absolute Gasteiger partial charge is 0.326 e. The van der Waals surface area contributed by atoms with Gasteiger partial charge in [0, 0.05) is 11.9 Å². The molecule has 1 fully saturated rings. The number of carbonyl (C=O) groups excluding carboxylic acids is 1. The maximum absolute atomic E-state index is 12.7. The van der Waals surface area contributed by atoms with Crippen molar-refractivity contribution in [3.8, 4) is 0 Å². The van der Waals surface area contributed by atoms with E-state index >= 15 is 0 Å². The van der Waals surface area contributed by atoms with Gasteiger partial charge in [-0.05, 0) is 24.8 Å². The van der Waals surface area contributed by atoms with E-state index in [1.54, 1.807) is 6.07 Å². The Morgan fingerprint density at radius 1 is 1.33 bits per heavy atom. The molecule has 0 radical (unpaired) electrons. The molecule has 2 atom stereocenters. The molecule has 5 heteroatoms. The first-order valence-electron chi connectivity index (χ1n) is 7.08. The Morgan fingerprint density at radius 3 is 2.86 bits per heavy atom. The summed E-state index contributed by atoms with van der Waals surface area (Å²) in [5.74, 6) is -0.891. The van der Waals surface area contributed by atoms with Gasteiger partial charge >= 0.3 is 5.97 Å². The minimum absolute atomic E-state index is 0.265. The van der Waals surface area contributed by atoms with Gasteiger partial charge in [0.15, 0.2) is 0 Å². The van der Waals surface area contributed by atoms with Crippen molar-refractivity contribution in [2.75, 3.05) is 6.54 Å². The standard InChI is InChI=1S/C16H17NO4/c1-10-6-7-17(13(8-10)16(19)20)15(18)12-9-21-14-5-3-2-4-11(12)14/h2-5,9-10,13H,6-8H2,1H3,(H,19,20). The molecule has 1 amide bonds. The fraction of sp³-hybridized carbons (Fsp3) is 0.375. The number of benzene rings is 1. The molecule has 0 bridgehead atoms. The molecule has 2 unspecified atom stereocenters. The van der Waals surface area contributed by atoms with E-state index in [9.17, 15) is 14.7 Å². The van der Waals surface area contributed by atoms with Gasteiger partial charge in [0.1, 0.15) is 17.9 Å². The molecule has 1 aliphatic rings. The lowest BCUT2D eigenvalue weighted by Crippen LogP contribution is -2.49. The molecule has 0 saturated carbocycles. The quantitative estimate of drug-likeness (QED) is 0.922. The van der Waals surface area contributed by atoms with Crippen molar-refractivity contribution < 1.29 is 19.1 Å². The molecule has 0 aliphatic carbocycles. The fourth-order valence-electron chi connectivity index (χ4n) is 2.92. The summed E-state index contributed by atoms with van der Waals surface area (Å²) in [4.78, 5) is 25.6. The van der Waals surface area contributed by atoms with Crippen LogP contribution in [0.25, 0.3) is 11.0 Å². The minimum atomic E-state index is -0.942. The van der Waals surface area contributed by atoms with Crippen LogP contribution in [0.5, 0.6) is 0 Å². The Hall–Kier alpha value is -2.30. The van der Waals surface area contributed by atoms with Crippen molar-refractivity contribution in [3.63, 3.8) is 0 Å². The second-order valence-corrected chi connectivity index (χ2v) is 5.63. The molecular formula is C16H17NO4. The van der Waals surface area contributed by atoms with Gasteiger partial charge in [-0.25, -0.2) is 4.79 Å². The Kier molecular flexibility index (Phi) is 3.41. The first-order valence-corrected chi connectivity index (χ1v) is 7.08. The first kappa shape index (κ1) is 13.7. The van der Waals surface area contributed by atoms with E-state index in [-0.39, 0.29) is 5.91 Å². The number of furan rings is 1. The molecule has 5 nitrogen and oxygen atoms in total. The predicted octanol–water partition coefficient (Wildman–Crippen LogP) is 2.76. The Labute approximate surface area is 122 Å². The van der Waals surface area contributed by atoms with E-state index in [0.717, 1.165) is 11.8 Å². The van der Waals surface area contributed by atoms with Crippen molar-refractivity contribution in [2.45, 2.75) is 25.8 Å². The zero-order valence-corrected chi connectivity index (χ0v) is 11.8. The summed E-state index contributed by atoms with van der Waals surface area (Å²) in [6.45, 7) is 2.49. The van der Waals surface area contributed by atoms with E-state index in [0.29, 0.717) is 30.0 Å². The number of rotatable bonds is 2. The number of fused-ring (bicyclic) bond motifs is 1. The lowest BCUT2D eigenvalue weighted by Gasteiger charge is -2.35. The summed E-state index contributed by atoms with van der Waals surface area (Å²) in [6, 6.07) is 6.52. The lowest BCUT2D eigenvalue weighted by molar-refractivity contribution is -0.144. The minimum Gasteiger partial charge on any atom is -0.480 e. The van der Waals surface area contributed by atoms with E-state index < -0.39 is 12.0 Å². The van der Waals surface area contributed by atoms with Crippen LogP contribution in [0.15, 0.2) is 34.9 Å². The number of nitrogens with zero attached hydrogens (tertiary/aromatic N) is 1. The van der Waals surface area contributed by atoms with Crippen LogP contribution in [0.4, 0.5) is 0 Å². The number of carboxylic acid groups (broad SMARTS) is 1. The Bertz CT molecular complexity index is 690. The number of hydrogen-bond donors (Lipinski definition) is 1. The van der Waals surface area contributed by atoms with Gasteiger partial charge in [-0.3, -0.25) is 4.79 Å². The summed E-state index contributed by atoms with van der Waals surface area (Å²) in [5.41, 5.74) is 1.07. The molecule has 2 aromatic rings. The summed E-state index contributed by atoms with van der Waals surface area (Å²) < 4.78 is 5.38. The predicted molar refractivity (Wildman–Crippen MR) is 77.1 cm³/mol. The highest BCUT2D eigenvalue weighted by Crippen LogP contribution is 2.27. The summed E-state index contributed by atoms with van der Waals surface area (Å²) in [5, 5.41) is 10.1. The van der Waals surface area contributed by atoms with E-state index in [1.807, 2.05) is 25.1 Å². The zero-order valence-electron chi connectivity index (χ0n) is 11.8. The summed E-state index contributed by atoms with van der Waals surface area (Å²) >= 11 is 0. The lowest BCUT2D eigenvalue weighted by atomic mass is 9.92. The third-order valence-corrected chi connectivity index (χ3v) is 4.12. The zero-order chi connectivity index (χ0) is 15.0. The molecule has 1 aromatic heterocycles. The van der Waals surface area contributed by atoms with Gasteiger partial charge in [-0.2, -0.15) is 0 Å². The van der Waals surface area contributed by atoms with Gasteiger partial charge in [-0.1, -0.05) is 25.1 Å². The molecule has 3 rings (SSSR count). The van der Waals surface area contributed by atoms with Crippen molar-refractivity contribution in [1.82, 2.24) is 4.90 Å². The maximum atomic E-state index is 12.7. The molecule has 1 aromatic carbocycles. The van der Waals surface area contributed by atoms with Crippen molar-refractivity contribution in [3.05, 3.63) is 36.1 Å². The van der Waals surface area contributed by atoms with Crippen LogP contribution < -0.4 is 0 Å². The van der Waals surface area contributed by atoms with Crippen molar-refractivity contribution in [1.29, 1.82) is 0 Å². The van der Waals surface area contributed by atoms with Gasteiger partial charge in [0.05, 0.1) is 5.56 Å². The molecule has 2 heterocycles. The Morgan fingerprint density at radius 2 is 2.10 bits per heavy atom. The topological polar surface area (TPSA) is 70.8 Å². The third-order valence-electron chi connectivity index (χ3n) is 4.12. The normalized spacial score (nSPS) is 22.4. The van der Waals surface area contributed by atoms with Crippen LogP contribution >= 0.6 is 0 Å². The number of carbonyl (C=O) groups is 2. The monoisotopic (exact) mass is 287 g/mol. The highest BCUT2D eigenvalue weighted by atomic mass is 16.4. The number of aliphatic carboxylic acids is 1.